The van der Waals surface area contributed by atoms with Crippen LogP contribution in [0.15, 0.2) is 18.2 Å². The van der Waals surface area contributed by atoms with Gasteiger partial charge < -0.3 is 15.1 Å². The Morgan fingerprint density at radius 1 is 1.25 bits per heavy atom. The monoisotopic (exact) mass is 337 g/mol. The quantitative estimate of drug-likeness (QED) is 0.848. The molecule has 2 aliphatic rings. The average Bonchev–Trinajstić information content (AvgIpc) is 3.17. The molecule has 0 saturated carbocycles. The summed E-state index contributed by atoms with van der Waals surface area (Å²) in [4.78, 5) is 28.5. The molecule has 1 aromatic rings. The number of carbonyl (C=O) groups is 2. The Kier molecular flexibility index (Phi) is 4.80. The molecule has 1 aromatic carbocycles. The highest BCUT2D eigenvalue weighted by Crippen LogP contribution is 2.29. The van der Waals surface area contributed by atoms with Gasteiger partial charge in [-0.05, 0) is 38.4 Å². The lowest BCUT2D eigenvalue weighted by atomic mass is 10.1. The van der Waals surface area contributed by atoms with Crippen molar-refractivity contribution >= 4 is 17.5 Å². The molecule has 5 nitrogen and oxygen atoms in total. The average molecular weight is 337 g/mol. The van der Waals surface area contributed by atoms with Gasteiger partial charge >= 0.3 is 0 Å². The second-order valence-corrected chi connectivity index (χ2v) is 6.31. The molecule has 2 aliphatic heterocycles. The van der Waals surface area contributed by atoms with E-state index in [4.69, 9.17) is 0 Å². The fraction of sp³-hybridized carbons (Fsp3) is 0.529. The zero-order valence-corrected chi connectivity index (χ0v) is 13.6. The maximum absolute atomic E-state index is 13.4. The van der Waals surface area contributed by atoms with E-state index in [0.29, 0.717) is 31.7 Å². The van der Waals surface area contributed by atoms with Crippen molar-refractivity contribution < 1.29 is 18.4 Å². The smallest absolute Gasteiger partial charge is 0.239 e. The van der Waals surface area contributed by atoms with Crippen LogP contribution in [0.25, 0.3) is 0 Å². The lowest BCUT2D eigenvalue weighted by molar-refractivity contribution is -0.140. The Labute approximate surface area is 139 Å². The van der Waals surface area contributed by atoms with Crippen molar-refractivity contribution in [3.63, 3.8) is 0 Å². The van der Waals surface area contributed by atoms with Gasteiger partial charge in [-0.3, -0.25) is 9.59 Å². The molecule has 0 bridgehead atoms. The highest BCUT2D eigenvalue weighted by molar-refractivity contribution is 6.09. The first-order valence-electron chi connectivity index (χ1n) is 8.24. The number of amides is 2. The molecule has 2 heterocycles. The van der Waals surface area contributed by atoms with Crippen LogP contribution in [0.4, 0.5) is 14.5 Å². The van der Waals surface area contributed by atoms with Crippen molar-refractivity contribution in [2.45, 2.75) is 25.3 Å². The number of nitrogens with one attached hydrogen (secondary N) is 1. The van der Waals surface area contributed by atoms with Crippen molar-refractivity contribution in [1.29, 1.82) is 0 Å². The number of hydrogen-bond acceptors (Lipinski definition) is 3. The Morgan fingerprint density at radius 3 is 2.75 bits per heavy atom. The van der Waals surface area contributed by atoms with E-state index in [9.17, 15) is 18.4 Å². The molecule has 3 rings (SSSR count). The fourth-order valence-corrected chi connectivity index (χ4v) is 3.59. The molecule has 0 aliphatic carbocycles. The molecule has 0 spiro atoms. The summed E-state index contributed by atoms with van der Waals surface area (Å²) in [5.74, 6) is -3.16. The Morgan fingerprint density at radius 2 is 2.04 bits per heavy atom. The summed E-state index contributed by atoms with van der Waals surface area (Å²) in [5.41, 5.74) is 0.294. The van der Waals surface area contributed by atoms with Gasteiger partial charge in [0.2, 0.25) is 11.8 Å². The molecule has 1 N–H and O–H groups in total. The van der Waals surface area contributed by atoms with Crippen LogP contribution in [0, 0.1) is 17.6 Å². The third-order valence-electron chi connectivity index (χ3n) is 4.82. The van der Waals surface area contributed by atoms with Gasteiger partial charge in [-0.2, -0.15) is 0 Å². The molecule has 2 atom stereocenters. The molecule has 7 heteroatoms. The normalized spacial score (nSPS) is 24.0. The third-order valence-corrected chi connectivity index (χ3v) is 4.82. The third kappa shape index (κ3) is 3.00. The predicted molar refractivity (Wildman–Crippen MR) is 85.5 cm³/mol. The van der Waals surface area contributed by atoms with E-state index in [2.05, 4.69) is 5.32 Å². The van der Waals surface area contributed by atoms with Crippen molar-refractivity contribution in [3.8, 4) is 0 Å². The van der Waals surface area contributed by atoms with Crippen LogP contribution in [0.1, 0.15) is 19.3 Å². The first kappa shape index (κ1) is 16.8. The van der Waals surface area contributed by atoms with Gasteiger partial charge in [0.25, 0.3) is 0 Å². The lowest BCUT2D eigenvalue weighted by Crippen LogP contribution is -2.45. The minimum atomic E-state index is -0.997. The van der Waals surface area contributed by atoms with Crippen LogP contribution in [0.3, 0.4) is 0 Å². The Bertz CT molecular complexity index is 653. The fourth-order valence-electron chi connectivity index (χ4n) is 3.59. The number of likely N-dealkylation sites (N-methyl/N-ethyl adjacent to an activating group) is 1. The summed E-state index contributed by atoms with van der Waals surface area (Å²) in [6, 6.07) is 3.48. The van der Waals surface area contributed by atoms with Gasteiger partial charge in [-0.1, -0.05) is 0 Å². The number of halogens is 2. The molecule has 24 heavy (non-hydrogen) atoms. The SMILES string of the molecule is CNC[C@H]1CCCN1C(=O)[C@H]1CCN(c2ccc(F)c(F)c2)C1=O. The van der Waals surface area contributed by atoms with Crippen LogP contribution in [0.5, 0.6) is 0 Å². The summed E-state index contributed by atoms with van der Waals surface area (Å²) < 4.78 is 26.5. The molecular weight excluding hydrogens is 316 g/mol. The maximum Gasteiger partial charge on any atom is 0.239 e. The molecule has 0 unspecified atom stereocenters. The van der Waals surface area contributed by atoms with Crippen molar-refractivity contribution in [2.24, 2.45) is 5.92 Å². The molecule has 130 valence electrons. The molecule has 0 radical (unpaired) electrons. The van der Waals surface area contributed by atoms with Crippen LogP contribution >= 0.6 is 0 Å². The summed E-state index contributed by atoms with van der Waals surface area (Å²) in [6.07, 6.45) is 2.27. The molecule has 0 aromatic heterocycles. The molecule has 2 amide bonds. The van der Waals surface area contributed by atoms with E-state index in [1.165, 1.54) is 11.0 Å². The summed E-state index contributed by atoms with van der Waals surface area (Å²) >= 11 is 0. The number of hydrogen-bond donors (Lipinski definition) is 1. The second kappa shape index (κ2) is 6.84. The van der Waals surface area contributed by atoms with Crippen LogP contribution in [-0.2, 0) is 9.59 Å². The van der Waals surface area contributed by atoms with Gasteiger partial charge in [-0.25, -0.2) is 8.78 Å². The Hall–Kier alpha value is -2.02. The van der Waals surface area contributed by atoms with Gasteiger partial charge in [0.1, 0.15) is 5.92 Å². The molecule has 2 fully saturated rings. The van der Waals surface area contributed by atoms with Gasteiger partial charge in [0.05, 0.1) is 0 Å². The number of likely N-dealkylation sites (tertiary alicyclic amines) is 1. The van der Waals surface area contributed by atoms with E-state index in [1.54, 1.807) is 4.90 Å². The van der Waals surface area contributed by atoms with E-state index in [-0.39, 0.29) is 17.9 Å². The summed E-state index contributed by atoms with van der Waals surface area (Å²) in [6.45, 7) is 1.71. The number of anilines is 1. The summed E-state index contributed by atoms with van der Waals surface area (Å²) in [7, 11) is 1.84. The van der Waals surface area contributed by atoms with E-state index in [1.807, 2.05) is 7.05 Å². The first-order chi connectivity index (χ1) is 11.5. The maximum atomic E-state index is 13.4. The lowest BCUT2D eigenvalue weighted by Gasteiger charge is -2.27. The number of carbonyl (C=O) groups excluding carboxylic acids is 2. The van der Waals surface area contributed by atoms with Crippen LogP contribution in [0.2, 0.25) is 0 Å². The predicted octanol–water partition coefficient (Wildman–Crippen LogP) is 1.53. The second-order valence-electron chi connectivity index (χ2n) is 6.31. The van der Waals surface area contributed by atoms with E-state index >= 15 is 0 Å². The molecule has 2 saturated heterocycles. The zero-order chi connectivity index (χ0) is 17.3. The Balaban J connectivity index is 1.73. The van der Waals surface area contributed by atoms with Crippen LogP contribution in [-0.4, -0.2) is 49.4 Å². The molecular formula is C17H21F2N3O2. The van der Waals surface area contributed by atoms with E-state index < -0.39 is 17.6 Å². The minimum absolute atomic E-state index is 0.118. The standard InChI is InChI=1S/C17H21F2N3O2/c1-20-10-12-3-2-7-21(12)16(23)13-6-8-22(17(13)24)11-4-5-14(18)15(19)9-11/h4-5,9,12-13,20H,2-3,6-8,10H2,1H3/t12-,13-/m1/s1. The van der Waals surface area contributed by atoms with Gasteiger partial charge in [-0.15, -0.1) is 0 Å². The first-order valence-corrected chi connectivity index (χ1v) is 8.24. The topological polar surface area (TPSA) is 52.7 Å². The number of nitrogens with zero attached hydrogens (tertiary/aromatic N) is 2. The van der Waals surface area contributed by atoms with Crippen molar-refractivity contribution in [1.82, 2.24) is 10.2 Å². The number of rotatable bonds is 4. The highest BCUT2D eigenvalue weighted by Gasteiger charge is 2.42. The minimum Gasteiger partial charge on any atom is -0.338 e. The van der Waals surface area contributed by atoms with Gasteiger partial charge in [0.15, 0.2) is 11.6 Å². The zero-order valence-electron chi connectivity index (χ0n) is 13.6. The highest BCUT2D eigenvalue weighted by atomic mass is 19.2. The van der Waals surface area contributed by atoms with Crippen molar-refractivity contribution in [2.75, 3.05) is 31.6 Å². The van der Waals surface area contributed by atoms with Crippen LogP contribution < -0.4 is 10.2 Å². The van der Waals surface area contributed by atoms with E-state index in [0.717, 1.165) is 25.0 Å². The largest absolute Gasteiger partial charge is 0.338 e. The summed E-state index contributed by atoms with van der Waals surface area (Å²) in [5, 5.41) is 3.08. The van der Waals surface area contributed by atoms with Gasteiger partial charge in [0, 0.05) is 37.4 Å². The van der Waals surface area contributed by atoms with Crippen molar-refractivity contribution in [3.05, 3.63) is 29.8 Å². The number of benzene rings is 1.